The highest BCUT2D eigenvalue weighted by Gasteiger charge is 2.29. The molecule has 0 aliphatic carbocycles. The molecule has 7 nitrogen and oxygen atoms in total. The van der Waals surface area contributed by atoms with Gasteiger partial charge in [0.2, 0.25) is 11.8 Å². The second kappa shape index (κ2) is 7.63. The molecule has 0 bridgehead atoms. The molecule has 1 atom stereocenters. The highest BCUT2D eigenvalue weighted by atomic mass is 16.6. The summed E-state index contributed by atoms with van der Waals surface area (Å²) in [5.41, 5.74) is 0.610. The van der Waals surface area contributed by atoms with Crippen molar-refractivity contribution < 1.29 is 19.1 Å². The van der Waals surface area contributed by atoms with Gasteiger partial charge in [0.15, 0.2) is 0 Å². The standard InChI is InChI=1S/C15H21N3O4/c1-3-22-15(20)18-8-4-5-11(10-18)14(19)17-12-6-7-13(21-2)16-9-12/h6-7,9,11H,3-5,8,10H2,1-2H3,(H,17,19)/t11-/m0/s1. The van der Waals surface area contributed by atoms with Crippen molar-refractivity contribution in [1.82, 2.24) is 9.88 Å². The molecule has 0 saturated carbocycles. The van der Waals surface area contributed by atoms with Crippen LogP contribution < -0.4 is 10.1 Å². The van der Waals surface area contributed by atoms with Crippen LogP contribution in [0.3, 0.4) is 0 Å². The zero-order valence-electron chi connectivity index (χ0n) is 12.9. The molecular weight excluding hydrogens is 286 g/mol. The average molecular weight is 307 g/mol. The Kier molecular flexibility index (Phi) is 5.57. The van der Waals surface area contributed by atoms with Gasteiger partial charge in [-0.2, -0.15) is 0 Å². The Morgan fingerprint density at radius 3 is 2.91 bits per heavy atom. The fraction of sp³-hybridized carbons (Fsp3) is 0.533. The molecular formula is C15H21N3O4. The number of ether oxygens (including phenoxy) is 2. The summed E-state index contributed by atoms with van der Waals surface area (Å²) in [6.07, 6.45) is 2.73. The number of hydrogen-bond acceptors (Lipinski definition) is 5. The first-order valence-corrected chi connectivity index (χ1v) is 7.36. The van der Waals surface area contributed by atoms with E-state index < -0.39 is 0 Å². The summed E-state index contributed by atoms with van der Waals surface area (Å²) in [5, 5.41) is 2.82. The van der Waals surface area contributed by atoms with Crippen molar-refractivity contribution in [3.63, 3.8) is 0 Å². The van der Waals surface area contributed by atoms with E-state index in [1.54, 1.807) is 30.2 Å². The Hall–Kier alpha value is -2.31. The maximum Gasteiger partial charge on any atom is 0.409 e. The number of carbonyl (C=O) groups excluding carboxylic acids is 2. The van der Waals surface area contributed by atoms with Gasteiger partial charge < -0.3 is 19.7 Å². The van der Waals surface area contributed by atoms with Crippen LogP contribution >= 0.6 is 0 Å². The molecule has 0 unspecified atom stereocenters. The maximum atomic E-state index is 12.3. The highest BCUT2D eigenvalue weighted by molar-refractivity contribution is 5.92. The summed E-state index contributed by atoms with van der Waals surface area (Å²) in [5.74, 6) is 0.144. The van der Waals surface area contributed by atoms with Crippen LogP contribution in [0.1, 0.15) is 19.8 Å². The number of anilines is 1. The third-order valence-electron chi connectivity index (χ3n) is 3.53. The summed E-state index contributed by atoms with van der Waals surface area (Å²) in [7, 11) is 1.53. The molecule has 2 amide bonds. The molecule has 7 heteroatoms. The van der Waals surface area contributed by atoms with Crippen LogP contribution in [-0.4, -0.2) is 48.7 Å². The topological polar surface area (TPSA) is 80.8 Å². The Morgan fingerprint density at radius 2 is 2.27 bits per heavy atom. The predicted molar refractivity (Wildman–Crippen MR) is 80.7 cm³/mol. The molecule has 22 heavy (non-hydrogen) atoms. The van der Waals surface area contributed by atoms with Crippen molar-refractivity contribution in [2.45, 2.75) is 19.8 Å². The fourth-order valence-electron chi connectivity index (χ4n) is 2.39. The number of amides is 2. The average Bonchev–Trinajstić information content (AvgIpc) is 2.56. The minimum absolute atomic E-state index is 0.110. The Balaban J connectivity index is 1.92. The number of hydrogen-bond donors (Lipinski definition) is 1. The number of pyridine rings is 1. The lowest BCUT2D eigenvalue weighted by atomic mass is 9.97. The first-order chi connectivity index (χ1) is 10.6. The van der Waals surface area contributed by atoms with E-state index in [9.17, 15) is 9.59 Å². The Labute approximate surface area is 129 Å². The number of rotatable bonds is 4. The van der Waals surface area contributed by atoms with E-state index in [0.717, 1.165) is 12.8 Å². The van der Waals surface area contributed by atoms with Gasteiger partial charge in [-0.3, -0.25) is 4.79 Å². The molecule has 1 fully saturated rings. The zero-order valence-corrected chi connectivity index (χ0v) is 12.9. The van der Waals surface area contributed by atoms with Crippen LogP contribution in [0, 0.1) is 5.92 Å². The molecule has 1 aliphatic heterocycles. The van der Waals surface area contributed by atoms with E-state index in [0.29, 0.717) is 31.3 Å². The summed E-state index contributed by atoms with van der Waals surface area (Å²) >= 11 is 0. The predicted octanol–water partition coefficient (Wildman–Crippen LogP) is 1.90. The van der Waals surface area contributed by atoms with Crippen LogP contribution in [0.25, 0.3) is 0 Å². The molecule has 1 saturated heterocycles. The Bertz CT molecular complexity index is 518. The van der Waals surface area contributed by atoms with Crippen LogP contribution in [-0.2, 0) is 9.53 Å². The molecule has 120 valence electrons. The van der Waals surface area contributed by atoms with Crippen molar-refractivity contribution in [2.75, 3.05) is 32.1 Å². The van der Waals surface area contributed by atoms with Crippen molar-refractivity contribution in [3.05, 3.63) is 18.3 Å². The summed E-state index contributed by atoms with van der Waals surface area (Å²) in [6, 6.07) is 3.41. The number of aromatic nitrogens is 1. The molecule has 0 radical (unpaired) electrons. The van der Waals surface area contributed by atoms with Gasteiger partial charge >= 0.3 is 6.09 Å². The molecule has 1 aromatic rings. The lowest BCUT2D eigenvalue weighted by molar-refractivity contribution is -0.121. The molecule has 2 rings (SSSR count). The van der Waals surface area contributed by atoms with Gasteiger partial charge in [-0.05, 0) is 25.8 Å². The van der Waals surface area contributed by atoms with Gasteiger partial charge in [-0.15, -0.1) is 0 Å². The summed E-state index contributed by atoms with van der Waals surface area (Å²) in [6.45, 7) is 3.12. The minimum atomic E-state index is -0.355. The van der Waals surface area contributed by atoms with Gasteiger partial charge in [0.1, 0.15) is 0 Å². The van der Waals surface area contributed by atoms with Crippen LogP contribution in [0.2, 0.25) is 0 Å². The van der Waals surface area contributed by atoms with Crippen LogP contribution in [0.5, 0.6) is 5.88 Å². The van der Waals surface area contributed by atoms with Gasteiger partial charge in [-0.1, -0.05) is 0 Å². The maximum absolute atomic E-state index is 12.3. The van der Waals surface area contributed by atoms with E-state index in [4.69, 9.17) is 9.47 Å². The number of likely N-dealkylation sites (tertiary alicyclic amines) is 1. The lowest BCUT2D eigenvalue weighted by Gasteiger charge is -2.31. The molecule has 1 aliphatic rings. The number of methoxy groups -OCH3 is 1. The number of carbonyl (C=O) groups is 2. The van der Waals surface area contributed by atoms with Gasteiger partial charge in [0.05, 0.1) is 31.5 Å². The minimum Gasteiger partial charge on any atom is -0.481 e. The number of piperidine rings is 1. The van der Waals surface area contributed by atoms with E-state index >= 15 is 0 Å². The summed E-state index contributed by atoms with van der Waals surface area (Å²) in [4.78, 5) is 29.7. The largest absolute Gasteiger partial charge is 0.481 e. The van der Waals surface area contributed by atoms with Gasteiger partial charge in [0.25, 0.3) is 0 Å². The second-order valence-corrected chi connectivity index (χ2v) is 5.06. The Morgan fingerprint density at radius 1 is 1.45 bits per heavy atom. The normalized spacial score (nSPS) is 17.7. The van der Waals surface area contributed by atoms with Gasteiger partial charge in [0, 0.05) is 19.2 Å². The molecule has 0 aromatic carbocycles. The second-order valence-electron chi connectivity index (χ2n) is 5.06. The molecule has 1 N–H and O–H groups in total. The highest BCUT2D eigenvalue weighted by Crippen LogP contribution is 2.20. The number of nitrogens with zero attached hydrogens (tertiary/aromatic N) is 2. The van der Waals surface area contributed by atoms with Crippen molar-refractivity contribution in [3.8, 4) is 5.88 Å². The zero-order chi connectivity index (χ0) is 15.9. The smallest absolute Gasteiger partial charge is 0.409 e. The lowest BCUT2D eigenvalue weighted by Crippen LogP contribution is -2.44. The van der Waals surface area contributed by atoms with Crippen molar-refractivity contribution >= 4 is 17.7 Å². The van der Waals surface area contributed by atoms with Crippen molar-refractivity contribution in [2.24, 2.45) is 5.92 Å². The van der Waals surface area contributed by atoms with Crippen LogP contribution in [0.15, 0.2) is 18.3 Å². The number of nitrogens with one attached hydrogen (secondary N) is 1. The van der Waals surface area contributed by atoms with E-state index in [1.807, 2.05) is 0 Å². The fourth-order valence-corrected chi connectivity index (χ4v) is 2.39. The summed E-state index contributed by atoms with van der Waals surface area (Å²) < 4.78 is 9.96. The first-order valence-electron chi connectivity index (χ1n) is 7.36. The monoisotopic (exact) mass is 307 g/mol. The van der Waals surface area contributed by atoms with E-state index in [1.165, 1.54) is 7.11 Å². The van der Waals surface area contributed by atoms with E-state index in [-0.39, 0.29) is 17.9 Å². The third-order valence-corrected chi connectivity index (χ3v) is 3.53. The first kappa shape index (κ1) is 16.1. The molecule has 0 spiro atoms. The van der Waals surface area contributed by atoms with E-state index in [2.05, 4.69) is 10.3 Å². The molecule has 2 heterocycles. The molecule has 1 aromatic heterocycles. The third kappa shape index (κ3) is 4.09. The van der Waals surface area contributed by atoms with Gasteiger partial charge in [-0.25, -0.2) is 9.78 Å². The quantitative estimate of drug-likeness (QED) is 0.919. The SMILES string of the molecule is CCOC(=O)N1CCC[C@H](C(=O)Nc2ccc(OC)nc2)C1. The van der Waals surface area contributed by atoms with Crippen LogP contribution in [0.4, 0.5) is 10.5 Å². The van der Waals surface area contributed by atoms with Crippen molar-refractivity contribution in [1.29, 1.82) is 0 Å².